The standard InChI is InChI=1S/C24H30N4O3S/c1-16-4-6-17(7-5-16)24(31)28-14-19(13-21(28)22(29)26-11-10-25)27(23(30)18-8-9-18)15-20-3-2-12-32-20/h2-7,12,18-19,21H,8-11,13-15,25H2,1H3,(H,26,29). The highest BCUT2D eigenvalue weighted by molar-refractivity contribution is 7.09. The number of hydrogen-bond donors (Lipinski definition) is 2. The molecular weight excluding hydrogens is 424 g/mol. The summed E-state index contributed by atoms with van der Waals surface area (Å²) in [5, 5.41) is 4.83. The molecule has 0 spiro atoms. The van der Waals surface area contributed by atoms with E-state index in [0.29, 0.717) is 38.2 Å². The second-order valence-corrected chi connectivity index (χ2v) is 9.66. The fourth-order valence-electron chi connectivity index (χ4n) is 4.21. The molecule has 1 saturated heterocycles. The molecule has 8 heteroatoms. The van der Waals surface area contributed by atoms with Crippen molar-refractivity contribution in [2.24, 2.45) is 11.7 Å². The minimum atomic E-state index is -0.627. The lowest BCUT2D eigenvalue weighted by Crippen LogP contribution is -2.47. The largest absolute Gasteiger partial charge is 0.353 e. The van der Waals surface area contributed by atoms with Gasteiger partial charge in [-0.3, -0.25) is 14.4 Å². The Hall–Kier alpha value is -2.71. The van der Waals surface area contributed by atoms with Crippen LogP contribution in [0.25, 0.3) is 0 Å². The van der Waals surface area contributed by atoms with Gasteiger partial charge in [-0.25, -0.2) is 0 Å². The van der Waals surface area contributed by atoms with Crippen molar-refractivity contribution < 1.29 is 14.4 Å². The Bertz CT molecular complexity index is 956. The fourth-order valence-corrected chi connectivity index (χ4v) is 4.91. The van der Waals surface area contributed by atoms with Crippen LogP contribution in [0.5, 0.6) is 0 Å². The van der Waals surface area contributed by atoms with Crippen LogP contribution in [0.1, 0.15) is 40.1 Å². The first-order valence-corrected chi connectivity index (χ1v) is 12.0. The summed E-state index contributed by atoms with van der Waals surface area (Å²) in [6, 6.07) is 10.5. The van der Waals surface area contributed by atoms with Crippen LogP contribution in [0.4, 0.5) is 0 Å². The predicted octanol–water partition coefficient (Wildman–Crippen LogP) is 2.15. The maximum atomic E-state index is 13.4. The zero-order chi connectivity index (χ0) is 22.7. The van der Waals surface area contributed by atoms with E-state index in [-0.39, 0.29) is 29.7 Å². The van der Waals surface area contributed by atoms with E-state index in [1.54, 1.807) is 28.4 Å². The van der Waals surface area contributed by atoms with Crippen LogP contribution in [0, 0.1) is 12.8 Å². The molecule has 2 heterocycles. The van der Waals surface area contributed by atoms with Crippen molar-refractivity contribution in [3.8, 4) is 0 Å². The van der Waals surface area contributed by atoms with E-state index in [0.717, 1.165) is 23.3 Å². The summed E-state index contributed by atoms with van der Waals surface area (Å²) in [4.78, 5) is 44.1. The van der Waals surface area contributed by atoms with Gasteiger partial charge in [0.2, 0.25) is 11.8 Å². The van der Waals surface area contributed by atoms with Crippen molar-refractivity contribution in [2.45, 2.75) is 44.8 Å². The van der Waals surface area contributed by atoms with Crippen molar-refractivity contribution in [3.63, 3.8) is 0 Å². The first-order valence-electron chi connectivity index (χ1n) is 11.2. The van der Waals surface area contributed by atoms with Crippen molar-refractivity contribution in [1.82, 2.24) is 15.1 Å². The Labute approximate surface area is 192 Å². The van der Waals surface area contributed by atoms with Gasteiger partial charge in [-0.05, 0) is 49.8 Å². The van der Waals surface area contributed by atoms with Crippen LogP contribution in [0.15, 0.2) is 41.8 Å². The molecule has 2 fully saturated rings. The summed E-state index contributed by atoms with van der Waals surface area (Å²) >= 11 is 1.62. The summed E-state index contributed by atoms with van der Waals surface area (Å²) in [5.74, 6) is -0.195. The van der Waals surface area contributed by atoms with Gasteiger partial charge in [-0.15, -0.1) is 11.3 Å². The van der Waals surface area contributed by atoms with Crippen molar-refractivity contribution in [2.75, 3.05) is 19.6 Å². The number of benzene rings is 1. The topological polar surface area (TPSA) is 95.7 Å². The molecule has 1 aliphatic heterocycles. The third-order valence-electron chi connectivity index (χ3n) is 6.14. The minimum absolute atomic E-state index is 0.0707. The molecule has 170 valence electrons. The zero-order valence-corrected chi connectivity index (χ0v) is 19.1. The number of nitrogens with zero attached hydrogens (tertiary/aromatic N) is 2. The van der Waals surface area contributed by atoms with Crippen molar-refractivity contribution in [3.05, 3.63) is 57.8 Å². The van der Waals surface area contributed by atoms with Crippen molar-refractivity contribution >= 4 is 29.1 Å². The van der Waals surface area contributed by atoms with Crippen LogP contribution in [0.2, 0.25) is 0 Å². The maximum Gasteiger partial charge on any atom is 0.254 e. The Morgan fingerprint density at radius 3 is 2.56 bits per heavy atom. The van der Waals surface area contributed by atoms with Crippen LogP contribution in [-0.2, 0) is 16.1 Å². The van der Waals surface area contributed by atoms with Gasteiger partial charge in [-0.2, -0.15) is 0 Å². The quantitative estimate of drug-likeness (QED) is 0.639. The first-order chi connectivity index (χ1) is 15.5. The van der Waals surface area contributed by atoms with Gasteiger partial charge in [0.15, 0.2) is 0 Å². The highest BCUT2D eigenvalue weighted by Crippen LogP contribution is 2.35. The van der Waals surface area contributed by atoms with Gasteiger partial charge in [0.1, 0.15) is 6.04 Å². The third kappa shape index (κ3) is 5.02. The highest BCUT2D eigenvalue weighted by atomic mass is 32.1. The fraction of sp³-hybridized carbons (Fsp3) is 0.458. The maximum absolute atomic E-state index is 13.4. The van der Waals surface area contributed by atoms with Gasteiger partial charge in [0.05, 0.1) is 12.6 Å². The van der Waals surface area contributed by atoms with Gasteiger partial charge < -0.3 is 20.9 Å². The highest BCUT2D eigenvalue weighted by Gasteiger charge is 2.45. The molecule has 7 nitrogen and oxygen atoms in total. The molecule has 3 N–H and O–H groups in total. The number of rotatable bonds is 8. The molecule has 0 bridgehead atoms. The first kappa shape index (κ1) is 22.5. The number of amides is 3. The molecule has 32 heavy (non-hydrogen) atoms. The predicted molar refractivity (Wildman–Crippen MR) is 124 cm³/mol. The Morgan fingerprint density at radius 2 is 1.94 bits per heavy atom. The second-order valence-electron chi connectivity index (χ2n) is 8.63. The summed E-state index contributed by atoms with van der Waals surface area (Å²) < 4.78 is 0. The molecule has 1 aromatic heterocycles. The number of hydrogen-bond acceptors (Lipinski definition) is 5. The molecule has 3 amide bonds. The van der Waals surface area contributed by atoms with Gasteiger partial charge >= 0.3 is 0 Å². The van der Waals surface area contributed by atoms with E-state index in [9.17, 15) is 14.4 Å². The van der Waals surface area contributed by atoms with E-state index in [2.05, 4.69) is 5.32 Å². The molecule has 2 atom stereocenters. The average Bonchev–Trinajstić information content (AvgIpc) is 3.34. The Morgan fingerprint density at radius 1 is 1.19 bits per heavy atom. The normalized spacial score (nSPS) is 20.2. The van der Waals surface area contributed by atoms with Gasteiger partial charge in [-0.1, -0.05) is 23.8 Å². The molecule has 0 radical (unpaired) electrons. The number of thiophene rings is 1. The lowest BCUT2D eigenvalue weighted by Gasteiger charge is -2.29. The molecule has 1 saturated carbocycles. The van der Waals surface area contributed by atoms with E-state index < -0.39 is 6.04 Å². The van der Waals surface area contributed by atoms with E-state index >= 15 is 0 Å². The SMILES string of the molecule is Cc1ccc(C(=O)N2CC(N(Cc3cccs3)C(=O)C3CC3)CC2C(=O)NCCN)cc1. The molecular formula is C24H30N4O3S. The number of aryl methyl sites for hydroxylation is 1. The molecule has 2 aliphatic rings. The second kappa shape index (κ2) is 9.83. The average molecular weight is 455 g/mol. The van der Waals surface area contributed by atoms with Crippen LogP contribution in [0.3, 0.4) is 0 Å². The lowest BCUT2D eigenvalue weighted by molar-refractivity contribution is -0.135. The monoisotopic (exact) mass is 454 g/mol. The van der Waals surface area contributed by atoms with E-state index in [4.69, 9.17) is 5.73 Å². The number of carbonyl (C=O) groups excluding carboxylic acids is 3. The summed E-state index contributed by atoms with van der Waals surface area (Å²) in [6.45, 7) is 3.51. The summed E-state index contributed by atoms with van der Waals surface area (Å²) in [6.07, 6.45) is 2.26. The number of nitrogens with two attached hydrogens (primary N) is 1. The van der Waals surface area contributed by atoms with Gasteiger partial charge in [0, 0.05) is 36.0 Å². The number of carbonyl (C=O) groups is 3. The number of likely N-dealkylation sites (tertiary alicyclic amines) is 1. The molecule has 1 aliphatic carbocycles. The smallest absolute Gasteiger partial charge is 0.254 e. The van der Waals surface area contributed by atoms with E-state index in [1.165, 1.54) is 0 Å². The van der Waals surface area contributed by atoms with E-state index in [1.807, 2.05) is 41.5 Å². The molecule has 4 rings (SSSR count). The van der Waals surface area contributed by atoms with Gasteiger partial charge in [0.25, 0.3) is 5.91 Å². The number of nitrogens with one attached hydrogen (secondary N) is 1. The summed E-state index contributed by atoms with van der Waals surface area (Å²) in [7, 11) is 0. The Kier molecular flexibility index (Phi) is 6.91. The molecule has 1 aromatic carbocycles. The minimum Gasteiger partial charge on any atom is -0.353 e. The Balaban J connectivity index is 1.59. The summed E-state index contributed by atoms with van der Waals surface area (Å²) in [5.41, 5.74) is 7.17. The lowest BCUT2D eigenvalue weighted by atomic mass is 10.1. The molecule has 2 aromatic rings. The zero-order valence-electron chi connectivity index (χ0n) is 18.3. The van der Waals surface area contributed by atoms with Crippen LogP contribution < -0.4 is 11.1 Å². The van der Waals surface area contributed by atoms with Crippen LogP contribution >= 0.6 is 11.3 Å². The van der Waals surface area contributed by atoms with Crippen molar-refractivity contribution in [1.29, 1.82) is 0 Å². The van der Waals surface area contributed by atoms with Crippen LogP contribution in [-0.4, -0.2) is 59.2 Å². The molecule has 2 unspecified atom stereocenters. The third-order valence-corrected chi connectivity index (χ3v) is 7.00.